The average Bonchev–Trinajstić information content (AvgIpc) is 2.29. The Balaban J connectivity index is 2.54. The molecule has 3 nitrogen and oxygen atoms in total. The Kier molecular flexibility index (Phi) is 5.35. The lowest BCUT2D eigenvalue weighted by Gasteiger charge is -2.08. The van der Waals surface area contributed by atoms with Crippen molar-refractivity contribution in [2.75, 3.05) is 7.11 Å². The summed E-state index contributed by atoms with van der Waals surface area (Å²) < 4.78 is 5.51. The van der Waals surface area contributed by atoms with Crippen molar-refractivity contribution in [1.82, 2.24) is 0 Å². The fraction of sp³-hybridized carbons (Fsp3) is 0.385. The van der Waals surface area contributed by atoms with Gasteiger partial charge in [0, 0.05) is 22.9 Å². The summed E-state index contributed by atoms with van der Waals surface area (Å²) in [4.78, 5) is 22.9. The molecule has 0 aromatic heterocycles. The predicted octanol–water partition coefficient (Wildman–Crippen LogP) is 3.22. The van der Waals surface area contributed by atoms with Crippen molar-refractivity contribution in [2.45, 2.75) is 19.8 Å². The molecule has 0 amide bonds. The van der Waals surface area contributed by atoms with Crippen LogP contribution in [0.15, 0.2) is 28.7 Å². The van der Waals surface area contributed by atoms with Crippen LogP contribution in [-0.4, -0.2) is 18.9 Å². The fourth-order valence-corrected chi connectivity index (χ4v) is 1.77. The molecular weight excluding hydrogens is 284 g/mol. The molecule has 1 aromatic rings. The third-order valence-corrected chi connectivity index (χ3v) is 2.97. The second-order valence-electron chi connectivity index (χ2n) is 4.02. The average molecular weight is 299 g/mol. The maximum absolute atomic E-state index is 11.9. The van der Waals surface area contributed by atoms with Gasteiger partial charge in [0.25, 0.3) is 0 Å². The number of ketones is 1. The molecule has 0 aliphatic carbocycles. The fourth-order valence-electron chi connectivity index (χ4n) is 1.51. The first-order valence-electron chi connectivity index (χ1n) is 5.38. The second kappa shape index (κ2) is 6.55. The zero-order valence-corrected chi connectivity index (χ0v) is 11.5. The molecular formula is C13H15BrO3. The third-order valence-electron chi connectivity index (χ3n) is 2.44. The number of hydrogen-bond acceptors (Lipinski definition) is 3. The largest absolute Gasteiger partial charge is 0.469 e. The van der Waals surface area contributed by atoms with Crippen LogP contribution in [0.5, 0.6) is 0 Å². The lowest BCUT2D eigenvalue weighted by molar-refractivity contribution is -0.141. The maximum atomic E-state index is 11.9. The van der Waals surface area contributed by atoms with Crippen molar-refractivity contribution < 1.29 is 14.3 Å². The Morgan fingerprint density at radius 3 is 2.35 bits per heavy atom. The zero-order chi connectivity index (χ0) is 12.8. The molecule has 0 fully saturated rings. The van der Waals surface area contributed by atoms with E-state index in [1.54, 1.807) is 12.1 Å². The molecule has 0 bridgehead atoms. The maximum Gasteiger partial charge on any atom is 0.305 e. The monoisotopic (exact) mass is 298 g/mol. The summed E-state index contributed by atoms with van der Waals surface area (Å²) in [6.45, 7) is 1.87. The van der Waals surface area contributed by atoms with E-state index in [4.69, 9.17) is 0 Å². The number of carbonyl (C=O) groups is 2. The van der Waals surface area contributed by atoms with Gasteiger partial charge in [0.05, 0.1) is 7.11 Å². The number of ether oxygens (including phenoxy) is 1. The van der Waals surface area contributed by atoms with Gasteiger partial charge in [-0.1, -0.05) is 35.0 Å². The van der Waals surface area contributed by atoms with Crippen LogP contribution < -0.4 is 0 Å². The molecule has 4 heteroatoms. The molecule has 17 heavy (non-hydrogen) atoms. The first kappa shape index (κ1) is 13.9. The van der Waals surface area contributed by atoms with E-state index in [1.807, 2.05) is 19.1 Å². The van der Waals surface area contributed by atoms with E-state index in [2.05, 4.69) is 20.7 Å². The molecule has 1 aromatic carbocycles. The summed E-state index contributed by atoms with van der Waals surface area (Å²) in [5.41, 5.74) is 0.671. The highest BCUT2D eigenvalue weighted by Crippen LogP contribution is 2.16. The van der Waals surface area contributed by atoms with E-state index < -0.39 is 0 Å². The van der Waals surface area contributed by atoms with Crippen LogP contribution in [0.25, 0.3) is 0 Å². The van der Waals surface area contributed by atoms with Crippen LogP contribution in [0.2, 0.25) is 0 Å². The van der Waals surface area contributed by atoms with Crippen molar-refractivity contribution in [3.05, 3.63) is 34.3 Å². The number of rotatable bonds is 5. The van der Waals surface area contributed by atoms with Gasteiger partial charge in [0.2, 0.25) is 0 Å². The summed E-state index contributed by atoms with van der Waals surface area (Å²) in [6.07, 6.45) is 0.634. The molecule has 0 aliphatic heterocycles. The Morgan fingerprint density at radius 2 is 1.82 bits per heavy atom. The van der Waals surface area contributed by atoms with E-state index in [0.717, 1.165) is 4.47 Å². The highest BCUT2D eigenvalue weighted by Gasteiger charge is 2.14. The Labute approximate surface area is 109 Å². The van der Waals surface area contributed by atoms with Crippen LogP contribution in [0.1, 0.15) is 30.1 Å². The second-order valence-corrected chi connectivity index (χ2v) is 4.94. The van der Waals surface area contributed by atoms with E-state index >= 15 is 0 Å². The summed E-state index contributed by atoms with van der Waals surface area (Å²) >= 11 is 3.31. The van der Waals surface area contributed by atoms with E-state index in [9.17, 15) is 9.59 Å². The number of carbonyl (C=O) groups excluding carboxylic acids is 2. The van der Waals surface area contributed by atoms with Gasteiger partial charge in [-0.05, 0) is 18.1 Å². The predicted molar refractivity (Wildman–Crippen MR) is 68.9 cm³/mol. The van der Waals surface area contributed by atoms with Crippen molar-refractivity contribution in [3.63, 3.8) is 0 Å². The smallest absolute Gasteiger partial charge is 0.305 e. The summed E-state index contributed by atoms with van der Waals surface area (Å²) in [5, 5.41) is 0. The number of hydrogen-bond donors (Lipinski definition) is 0. The minimum Gasteiger partial charge on any atom is -0.469 e. The first-order chi connectivity index (χ1) is 8.02. The number of methoxy groups -OCH3 is 1. The Hall–Kier alpha value is -1.16. The van der Waals surface area contributed by atoms with Gasteiger partial charge < -0.3 is 4.74 Å². The van der Waals surface area contributed by atoms with E-state index in [1.165, 1.54) is 7.11 Å². The minimum atomic E-state index is -0.277. The standard InChI is InChI=1S/C13H15BrO3/c1-9(8-13(16)17-2)7-12(15)10-3-5-11(14)6-4-10/h3-6,9H,7-8H2,1-2H3. The molecule has 0 radical (unpaired) electrons. The van der Waals surface area contributed by atoms with Crippen LogP contribution >= 0.6 is 15.9 Å². The number of Topliss-reactive ketones (excluding diaryl/α,β-unsaturated/α-hetero) is 1. The van der Waals surface area contributed by atoms with E-state index in [0.29, 0.717) is 12.0 Å². The number of benzene rings is 1. The zero-order valence-electron chi connectivity index (χ0n) is 9.90. The molecule has 0 aliphatic rings. The van der Waals surface area contributed by atoms with Gasteiger partial charge in [-0.15, -0.1) is 0 Å². The molecule has 0 saturated carbocycles. The molecule has 0 heterocycles. The minimum absolute atomic E-state index is 0.00130. The van der Waals surface area contributed by atoms with Crippen LogP contribution in [-0.2, 0) is 9.53 Å². The molecule has 1 atom stereocenters. The van der Waals surface area contributed by atoms with Gasteiger partial charge in [-0.3, -0.25) is 9.59 Å². The van der Waals surface area contributed by atoms with Crippen molar-refractivity contribution in [3.8, 4) is 0 Å². The summed E-state index contributed by atoms with van der Waals surface area (Å²) in [5.74, 6) is -0.228. The van der Waals surface area contributed by atoms with Gasteiger partial charge in [0.15, 0.2) is 5.78 Å². The Bertz CT molecular complexity index is 398. The number of esters is 1. The molecule has 0 spiro atoms. The van der Waals surface area contributed by atoms with Crippen molar-refractivity contribution in [2.24, 2.45) is 5.92 Å². The van der Waals surface area contributed by atoms with Gasteiger partial charge in [-0.25, -0.2) is 0 Å². The topological polar surface area (TPSA) is 43.4 Å². The van der Waals surface area contributed by atoms with Crippen LogP contribution in [0, 0.1) is 5.92 Å². The SMILES string of the molecule is COC(=O)CC(C)CC(=O)c1ccc(Br)cc1. The third kappa shape index (κ3) is 4.69. The molecule has 1 unspecified atom stereocenters. The highest BCUT2D eigenvalue weighted by molar-refractivity contribution is 9.10. The van der Waals surface area contributed by atoms with Crippen LogP contribution in [0.3, 0.4) is 0 Å². The van der Waals surface area contributed by atoms with Gasteiger partial charge >= 0.3 is 5.97 Å². The summed E-state index contributed by atoms with van der Waals surface area (Å²) in [7, 11) is 1.35. The molecule has 0 saturated heterocycles. The van der Waals surface area contributed by atoms with Gasteiger partial charge in [0.1, 0.15) is 0 Å². The van der Waals surface area contributed by atoms with Crippen LogP contribution in [0.4, 0.5) is 0 Å². The van der Waals surface area contributed by atoms with E-state index in [-0.39, 0.29) is 24.1 Å². The number of halogens is 1. The Morgan fingerprint density at radius 1 is 1.24 bits per heavy atom. The highest BCUT2D eigenvalue weighted by atomic mass is 79.9. The van der Waals surface area contributed by atoms with Crippen molar-refractivity contribution in [1.29, 1.82) is 0 Å². The molecule has 1 rings (SSSR count). The quantitative estimate of drug-likeness (QED) is 0.619. The normalized spacial score (nSPS) is 11.9. The van der Waals surface area contributed by atoms with Crippen molar-refractivity contribution >= 4 is 27.7 Å². The molecule has 0 N–H and O–H groups in total. The summed E-state index contributed by atoms with van der Waals surface area (Å²) in [6, 6.07) is 7.21. The molecule has 92 valence electrons. The lowest BCUT2D eigenvalue weighted by atomic mass is 9.97. The lowest BCUT2D eigenvalue weighted by Crippen LogP contribution is -2.11. The first-order valence-corrected chi connectivity index (χ1v) is 6.17. The van der Waals surface area contributed by atoms with Gasteiger partial charge in [-0.2, -0.15) is 0 Å².